The van der Waals surface area contributed by atoms with Crippen molar-refractivity contribution >= 4 is 35.0 Å². The number of rotatable bonds is 6. The summed E-state index contributed by atoms with van der Waals surface area (Å²) in [5, 5.41) is 2.97. The third kappa shape index (κ3) is 5.13. The number of thioether (sulfide) groups is 1. The highest BCUT2D eigenvalue weighted by Crippen LogP contribution is 2.31. The van der Waals surface area contributed by atoms with Gasteiger partial charge in [0, 0.05) is 29.6 Å². The molecule has 0 radical (unpaired) electrons. The quantitative estimate of drug-likeness (QED) is 0.801. The summed E-state index contributed by atoms with van der Waals surface area (Å²) < 4.78 is 0. The smallest absolute Gasteiger partial charge is 0.234 e. The molecule has 2 aromatic carbocycles. The van der Waals surface area contributed by atoms with Gasteiger partial charge < -0.3 is 10.2 Å². The minimum atomic E-state index is -0.0383. The van der Waals surface area contributed by atoms with Gasteiger partial charge in [0.15, 0.2) is 0 Å². The van der Waals surface area contributed by atoms with Crippen LogP contribution in [0.25, 0.3) is 0 Å². The zero-order chi connectivity index (χ0) is 19.2. The molecule has 0 spiro atoms. The average molecular weight is 383 g/mol. The highest BCUT2D eigenvalue weighted by Gasteiger charge is 2.24. The number of hydrogen-bond donors (Lipinski definition) is 1. The zero-order valence-corrected chi connectivity index (χ0v) is 16.7. The first-order chi connectivity index (χ1) is 13.0. The molecule has 2 amide bonds. The van der Waals surface area contributed by atoms with Gasteiger partial charge in [-0.15, -0.1) is 11.8 Å². The molecule has 2 aromatic rings. The van der Waals surface area contributed by atoms with Crippen molar-refractivity contribution in [1.29, 1.82) is 0 Å². The second kappa shape index (κ2) is 9.09. The summed E-state index contributed by atoms with van der Waals surface area (Å²) in [7, 11) is 0. The van der Waals surface area contributed by atoms with Crippen LogP contribution >= 0.6 is 11.8 Å². The maximum Gasteiger partial charge on any atom is 0.234 e. The van der Waals surface area contributed by atoms with E-state index in [1.807, 2.05) is 55.1 Å². The lowest BCUT2D eigenvalue weighted by molar-refractivity contribution is -0.121. The molecular weight excluding hydrogens is 356 g/mol. The lowest BCUT2D eigenvalue weighted by atomic mass is 9.99. The Morgan fingerprint density at radius 2 is 1.93 bits per heavy atom. The molecule has 0 saturated heterocycles. The van der Waals surface area contributed by atoms with Gasteiger partial charge >= 0.3 is 0 Å². The fourth-order valence-electron chi connectivity index (χ4n) is 3.23. The maximum atomic E-state index is 12.5. The standard InChI is InChI=1S/C22H26N2O2S/c1-16(2)22(26)24-12-6-9-18-10-11-19(13-20(18)24)23-21(25)15-27-14-17-7-4-3-5-8-17/h3-5,7-8,10-11,13,16H,6,9,12,14-15H2,1-2H3,(H,23,25). The average Bonchev–Trinajstić information content (AvgIpc) is 2.67. The minimum Gasteiger partial charge on any atom is -0.325 e. The van der Waals surface area contributed by atoms with Gasteiger partial charge in [0.1, 0.15) is 0 Å². The van der Waals surface area contributed by atoms with E-state index in [-0.39, 0.29) is 17.7 Å². The molecule has 142 valence electrons. The summed E-state index contributed by atoms with van der Waals surface area (Å²) in [4.78, 5) is 26.7. The van der Waals surface area contributed by atoms with Crippen molar-refractivity contribution in [3.63, 3.8) is 0 Å². The molecule has 0 saturated carbocycles. The monoisotopic (exact) mass is 382 g/mol. The van der Waals surface area contributed by atoms with E-state index in [1.54, 1.807) is 11.8 Å². The maximum absolute atomic E-state index is 12.5. The molecule has 0 aliphatic carbocycles. The number of hydrogen-bond acceptors (Lipinski definition) is 3. The molecule has 1 aliphatic heterocycles. The Bertz CT molecular complexity index is 805. The predicted octanol–water partition coefficient (Wildman–Crippen LogP) is 4.49. The fraction of sp³-hybridized carbons (Fsp3) is 0.364. The third-order valence-corrected chi connectivity index (χ3v) is 5.60. The summed E-state index contributed by atoms with van der Waals surface area (Å²) in [6.45, 7) is 4.59. The van der Waals surface area contributed by atoms with Crippen LogP contribution in [0.15, 0.2) is 48.5 Å². The van der Waals surface area contributed by atoms with Crippen LogP contribution < -0.4 is 10.2 Å². The van der Waals surface area contributed by atoms with Gasteiger partial charge in [0.2, 0.25) is 11.8 Å². The lowest BCUT2D eigenvalue weighted by Gasteiger charge is -2.31. The molecule has 0 fully saturated rings. The molecule has 4 nitrogen and oxygen atoms in total. The number of nitrogens with one attached hydrogen (secondary N) is 1. The molecule has 3 rings (SSSR count). The molecular formula is C22H26N2O2S. The van der Waals surface area contributed by atoms with E-state index < -0.39 is 0 Å². The van der Waals surface area contributed by atoms with E-state index >= 15 is 0 Å². The van der Waals surface area contributed by atoms with Crippen LogP contribution in [-0.2, 0) is 21.8 Å². The van der Waals surface area contributed by atoms with Crippen molar-refractivity contribution in [2.75, 3.05) is 22.5 Å². The van der Waals surface area contributed by atoms with Gasteiger partial charge in [-0.05, 0) is 36.1 Å². The Hall–Kier alpha value is -2.27. The van der Waals surface area contributed by atoms with E-state index in [2.05, 4.69) is 17.4 Å². The lowest BCUT2D eigenvalue weighted by Crippen LogP contribution is -2.38. The van der Waals surface area contributed by atoms with Crippen LogP contribution in [0.1, 0.15) is 31.4 Å². The van der Waals surface area contributed by atoms with Crippen LogP contribution in [0, 0.1) is 5.92 Å². The normalized spacial score (nSPS) is 13.4. The van der Waals surface area contributed by atoms with Crippen LogP contribution in [0.2, 0.25) is 0 Å². The van der Waals surface area contributed by atoms with E-state index in [0.717, 1.165) is 36.5 Å². The summed E-state index contributed by atoms with van der Waals surface area (Å²) in [5.41, 5.74) is 4.08. The van der Waals surface area contributed by atoms with Gasteiger partial charge in [0.05, 0.1) is 5.75 Å². The molecule has 1 aliphatic rings. The van der Waals surface area contributed by atoms with Gasteiger partial charge in [-0.3, -0.25) is 9.59 Å². The van der Waals surface area contributed by atoms with E-state index in [0.29, 0.717) is 5.75 Å². The Labute approximate surface area is 165 Å². The molecule has 0 unspecified atom stereocenters. The Morgan fingerprint density at radius 1 is 1.15 bits per heavy atom. The number of carbonyl (C=O) groups excluding carboxylic acids is 2. The number of benzene rings is 2. The van der Waals surface area contributed by atoms with Gasteiger partial charge in [-0.1, -0.05) is 50.2 Å². The summed E-state index contributed by atoms with van der Waals surface area (Å²) in [5.74, 6) is 1.30. The van der Waals surface area contributed by atoms with Crippen LogP contribution in [-0.4, -0.2) is 24.1 Å². The van der Waals surface area contributed by atoms with E-state index in [4.69, 9.17) is 0 Å². The third-order valence-electron chi connectivity index (χ3n) is 4.59. The topological polar surface area (TPSA) is 49.4 Å². The van der Waals surface area contributed by atoms with Crippen molar-refractivity contribution in [1.82, 2.24) is 0 Å². The Morgan fingerprint density at radius 3 is 2.67 bits per heavy atom. The molecule has 1 N–H and O–H groups in total. The second-order valence-corrected chi connectivity index (χ2v) is 8.10. The first kappa shape index (κ1) is 19.5. The first-order valence-corrected chi connectivity index (χ1v) is 10.6. The highest BCUT2D eigenvalue weighted by molar-refractivity contribution is 7.99. The SMILES string of the molecule is CC(C)C(=O)N1CCCc2ccc(NC(=O)CSCc3ccccc3)cc21. The van der Waals surface area contributed by atoms with Crippen LogP contribution in [0.3, 0.4) is 0 Å². The number of anilines is 2. The molecule has 0 bridgehead atoms. The number of amides is 2. The van der Waals surface area contributed by atoms with Crippen LogP contribution in [0.4, 0.5) is 11.4 Å². The summed E-state index contributed by atoms with van der Waals surface area (Å²) >= 11 is 1.60. The molecule has 0 atom stereocenters. The van der Waals surface area contributed by atoms with Crippen molar-refractivity contribution in [2.45, 2.75) is 32.4 Å². The summed E-state index contributed by atoms with van der Waals surface area (Å²) in [6.07, 6.45) is 1.95. The number of carbonyl (C=O) groups is 2. The Kier molecular flexibility index (Phi) is 6.56. The first-order valence-electron chi connectivity index (χ1n) is 9.40. The summed E-state index contributed by atoms with van der Waals surface area (Å²) in [6, 6.07) is 16.0. The van der Waals surface area contributed by atoms with Crippen molar-refractivity contribution in [3.8, 4) is 0 Å². The molecule has 5 heteroatoms. The molecule has 0 aromatic heterocycles. The highest BCUT2D eigenvalue weighted by atomic mass is 32.2. The predicted molar refractivity (Wildman–Crippen MR) is 113 cm³/mol. The minimum absolute atomic E-state index is 0.0200. The van der Waals surface area contributed by atoms with E-state index in [9.17, 15) is 9.59 Å². The van der Waals surface area contributed by atoms with Crippen LogP contribution in [0.5, 0.6) is 0 Å². The van der Waals surface area contributed by atoms with Crippen molar-refractivity contribution < 1.29 is 9.59 Å². The van der Waals surface area contributed by atoms with Gasteiger partial charge in [-0.25, -0.2) is 0 Å². The zero-order valence-electron chi connectivity index (χ0n) is 15.9. The van der Waals surface area contributed by atoms with Crippen molar-refractivity contribution in [2.24, 2.45) is 5.92 Å². The second-order valence-electron chi connectivity index (χ2n) is 7.12. The fourth-order valence-corrected chi connectivity index (χ4v) is 4.01. The van der Waals surface area contributed by atoms with E-state index in [1.165, 1.54) is 11.1 Å². The van der Waals surface area contributed by atoms with Crippen molar-refractivity contribution in [3.05, 3.63) is 59.7 Å². The van der Waals surface area contributed by atoms with Gasteiger partial charge in [-0.2, -0.15) is 0 Å². The number of aryl methyl sites for hydroxylation is 1. The Balaban J connectivity index is 1.61. The van der Waals surface area contributed by atoms with Gasteiger partial charge in [0.25, 0.3) is 0 Å². The number of nitrogens with zero attached hydrogens (tertiary/aromatic N) is 1. The molecule has 1 heterocycles. The number of fused-ring (bicyclic) bond motifs is 1. The molecule has 27 heavy (non-hydrogen) atoms. The largest absolute Gasteiger partial charge is 0.325 e.